The SMILES string of the molecule is COC(=O)C1C#CC2=C(C1)C(C)(C)/C(=C\C=C1\C=C(c3ccccc3)OC1=O)N2C. The van der Waals surface area contributed by atoms with E-state index in [1.807, 2.05) is 48.4 Å². The number of cyclic esters (lactones) is 1. The highest BCUT2D eigenvalue weighted by Gasteiger charge is 2.43. The fourth-order valence-corrected chi connectivity index (χ4v) is 4.14. The van der Waals surface area contributed by atoms with E-state index in [4.69, 9.17) is 9.47 Å². The Kier molecular flexibility index (Phi) is 4.87. The van der Waals surface area contributed by atoms with Crippen LogP contribution >= 0.6 is 0 Å². The van der Waals surface area contributed by atoms with Crippen LogP contribution in [-0.2, 0) is 19.1 Å². The number of carbonyl (C=O) groups excluding carboxylic acids is 2. The van der Waals surface area contributed by atoms with Gasteiger partial charge in [0.2, 0.25) is 0 Å². The number of hydrogen-bond donors (Lipinski definition) is 0. The number of benzene rings is 1. The zero-order chi connectivity index (χ0) is 21.5. The zero-order valence-corrected chi connectivity index (χ0v) is 17.5. The Labute approximate surface area is 176 Å². The molecule has 152 valence electrons. The lowest BCUT2D eigenvalue weighted by molar-refractivity contribution is -0.143. The molecule has 0 amide bonds. The van der Waals surface area contributed by atoms with E-state index in [2.05, 4.69) is 25.7 Å². The maximum atomic E-state index is 12.3. The summed E-state index contributed by atoms with van der Waals surface area (Å²) in [6.07, 6.45) is 6.03. The Morgan fingerprint density at radius 2 is 2.00 bits per heavy atom. The zero-order valence-electron chi connectivity index (χ0n) is 17.5. The summed E-state index contributed by atoms with van der Waals surface area (Å²) in [6.45, 7) is 4.21. The average molecular weight is 401 g/mol. The van der Waals surface area contributed by atoms with Crippen molar-refractivity contribution in [2.75, 3.05) is 14.2 Å². The molecule has 4 rings (SSSR count). The summed E-state index contributed by atoms with van der Waals surface area (Å²) < 4.78 is 10.3. The van der Waals surface area contributed by atoms with Gasteiger partial charge in [-0.25, -0.2) is 4.79 Å². The van der Waals surface area contributed by atoms with Gasteiger partial charge < -0.3 is 14.4 Å². The standard InChI is InChI=1S/C25H23NO4/c1-25(2)19-14-17(23(27)29-4)10-12-20(19)26(3)22(25)13-11-18-15-21(30-24(18)28)16-8-6-5-7-9-16/h5-9,11,13,15,17H,14H2,1-4H3/b18-11-,22-13+. The molecule has 3 aliphatic rings. The Bertz CT molecular complexity index is 1110. The molecule has 30 heavy (non-hydrogen) atoms. The normalized spacial score (nSPS) is 24.4. The van der Waals surface area contributed by atoms with Crippen molar-refractivity contribution in [3.63, 3.8) is 0 Å². The summed E-state index contributed by atoms with van der Waals surface area (Å²) in [6, 6.07) is 9.54. The van der Waals surface area contributed by atoms with Gasteiger partial charge in [0.15, 0.2) is 0 Å². The Hall–Kier alpha value is -3.52. The highest BCUT2D eigenvalue weighted by molar-refractivity contribution is 6.01. The smallest absolute Gasteiger partial charge is 0.343 e. The molecule has 0 spiro atoms. The quantitative estimate of drug-likeness (QED) is 0.438. The number of methoxy groups -OCH3 is 1. The molecule has 1 aromatic rings. The van der Waals surface area contributed by atoms with Crippen molar-refractivity contribution in [2.45, 2.75) is 20.3 Å². The summed E-state index contributed by atoms with van der Waals surface area (Å²) in [5.41, 5.74) is 4.07. The molecule has 5 nitrogen and oxygen atoms in total. The summed E-state index contributed by atoms with van der Waals surface area (Å²) in [7, 11) is 3.34. The van der Waals surface area contributed by atoms with Crippen molar-refractivity contribution in [1.82, 2.24) is 4.90 Å². The van der Waals surface area contributed by atoms with E-state index in [0.717, 1.165) is 22.5 Å². The van der Waals surface area contributed by atoms with Gasteiger partial charge in [0.25, 0.3) is 0 Å². The van der Waals surface area contributed by atoms with Gasteiger partial charge in [-0.15, -0.1) is 0 Å². The minimum Gasteiger partial charge on any atom is -0.468 e. The van der Waals surface area contributed by atoms with Gasteiger partial charge in [0, 0.05) is 23.7 Å². The van der Waals surface area contributed by atoms with Crippen LogP contribution in [0.15, 0.2) is 71.1 Å². The molecule has 1 atom stereocenters. The first kappa shape index (κ1) is 19.8. The first-order chi connectivity index (χ1) is 14.3. The van der Waals surface area contributed by atoms with Crippen molar-refractivity contribution in [3.05, 3.63) is 76.7 Å². The molecule has 1 aromatic carbocycles. The van der Waals surface area contributed by atoms with Crippen LogP contribution in [0.25, 0.3) is 5.76 Å². The number of allylic oxidation sites excluding steroid dienone is 4. The molecular weight excluding hydrogens is 378 g/mol. The molecule has 0 aromatic heterocycles. The first-order valence-corrected chi connectivity index (χ1v) is 9.81. The van der Waals surface area contributed by atoms with E-state index in [0.29, 0.717) is 17.8 Å². The minimum atomic E-state index is -0.444. The van der Waals surface area contributed by atoms with E-state index < -0.39 is 5.92 Å². The first-order valence-electron chi connectivity index (χ1n) is 9.81. The van der Waals surface area contributed by atoms with Gasteiger partial charge in [-0.1, -0.05) is 50.1 Å². The second-order valence-corrected chi connectivity index (χ2v) is 8.00. The summed E-state index contributed by atoms with van der Waals surface area (Å²) in [4.78, 5) is 26.3. The van der Waals surface area contributed by atoms with Crippen LogP contribution < -0.4 is 0 Å². The third kappa shape index (κ3) is 3.25. The predicted octanol–water partition coefficient (Wildman–Crippen LogP) is 3.82. The van der Waals surface area contributed by atoms with Crippen molar-refractivity contribution >= 4 is 17.7 Å². The van der Waals surface area contributed by atoms with Gasteiger partial charge in [-0.05, 0) is 36.1 Å². The fraction of sp³-hybridized carbons (Fsp3) is 0.280. The molecule has 5 heteroatoms. The van der Waals surface area contributed by atoms with E-state index in [1.54, 1.807) is 12.2 Å². The number of esters is 2. The second-order valence-electron chi connectivity index (χ2n) is 8.00. The monoisotopic (exact) mass is 401 g/mol. The van der Waals surface area contributed by atoms with Crippen LogP contribution in [-0.4, -0.2) is 31.0 Å². The van der Waals surface area contributed by atoms with Crippen LogP contribution in [0.3, 0.4) is 0 Å². The van der Waals surface area contributed by atoms with E-state index >= 15 is 0 Å². The molecular formula is C25H23NO4. The van der Waals surface area contributed by atoms with Gasteiger partial charge in [0.1, 0.15) is 11.7 Å². The van der Waals surface area contributed by atoms with Crippen LogP contribution in [0, 0.1) is 23.2 Å². The number of hydrogen-bond acceptors (Lipinski definition) is 5. The van der Waals surface area contributed by atoms with Crippen LogP contribution in [0.5, 0.6) is 0 Å². The molecule has 0 bridgehead atoms. The second kappa shape index (κ2) is 7.38. The van der Waals surface area contributed by atoms with Crippen molar-refractivity contribution < 1.29 is 19.1 Å². The maximum Gasteiger partial charge on any atom is 0.343 e. The van der Waals surface area contributed by atoms with Crippen LogP contribution in [0.2, 0.25) is 0 Å². The number of rotatable bonds is 3. The Balaban J connectivity index is 1.63. The molecule has 1 unspecified atom stereocenters. The van der Waals surface area contributed by atoms with Crippen molar-refractivity contribution in [3.8, 4) is 11.8 Å². The lowest BCUT2D eigenvalue weighted by atomic mass is 9.77. The van der Waals surface area contributed by atoms with Crippen molar-refractivity contribution in [2.24, 2.45) is 11.3 Å². The number of nitrogens with zero attached hydrogens (tertiary/aromatic N) is 1. The van der Waals surface area contributed by atoms with Gasteiger partial charge >= 0.3 is 11.9 Å². The lowest BCUT2D eigenvalue weighted by Gasteiger charge is -2.27. The lowest BCUT2D eigenvalue weighted by Crippen LogP contribution is -2.22. The molecule has 2 heterocycles. The Morgan fingerprint density at radius 1 is 1.27 bits per heavy atom. The van der Waals surface area contributed by atoms with Gasteiger partial charge in [-0.3, -0.25) is 4.79 Å². The van der Waals surface area contributed by atoms with E-state index in [-0.39, 0.29) is 17.4 Å². The number of carbonyl (C=O) groups is 2. The molecule has 0 saturated heterocycles. The molecule has 0 saturated carbocycles. The highest BCUT2D eigenvalue weighted by Crippen LogP contribution is 2.49. The van der Waals surface area contributed by atoms with Crippen LogP contribution in [0.4, 0.5) is 0 Å². The molecule has 2 aliphatic heterocycles. The fourth-order valence-electron chi connectivity index (χ4n) is 4.14. The van der Waals surface area contributed by atoms with E-state index in [9.17, 15) is 9.59 Å². The van der Waals surface area contributed by atoms with Gasteiger partial charge in [-0.2, -0.15) is 0 Å². The molecule has 0 N–H and O–H groups in total. The molecule has 0 radical (unpaired) electrons. The Morgan fingerprint density at radius 3 is 2.70 bits per heavy atom. The molecule has 1 aliphatic carbocycles. The predicted molar refractivity (Wildman–Crippen MR) is 113 cm³/mol. The highest BCUT2D eigenvalue weighted by atomic mass is 16.5. The average Bonchev–Trinajstić information content (AvgIpc) is 3.21. The molecule has 0 fully saturated rings. The number of ether oxygens (including phenoxy) is 2. The summed E-state index contributed by atoms with van der Waals surface area (Å²) in [5.74, 6) is 5.58. The summed E-state index contributed by atoms with van der Waals surface area (Å²) >= 11 is 0. The third-order valence-electron chi connectivity index (χ3n) is 5.84. The van der Waals surface area contributed by atoms with Crippen LogP contribution in [0.1, 0.15) is 25.8 Å². The van der Waals surface area contributed by atoms with Crippen molar-refractivity contribution in [1.29, 1.82) is 0 Å². The maximum absolute atomic E-state index is 12.3. The largest absolute Gasteiger partial charge is 0.468 e. The van der Waals surface area contributed by atoms with Gasteiger partial charge in [0.05, 0.1) is 18.4 Å². The minimum absolute atomic E-state index is 0.306. The topological polar surface area (TPSA) is 55.8 Å². The third-order valence-corrected chi connectivity index (χ3v) is 5.84. The summed E-state index contributed by atoms with van der Waals surface area (Å²) in [5, 5.41) is 0. The van der Waals surface area contributed by atoms with E-state index in [1.165, 1.54) is 7.11 Å².